The molecule has 0 aliphatic carbocycles. The van der Waals surface area contributed by atoms with Gasteiger partial charge < -0.3 is 4.74 Å². The van der Waals surface area contributed by atoms with Gasteiger partial charge in [0.1, 0.15) is 0 Å². The van der Waals surface area contributed by atoms with Crippen molar-refractivity contribution in [1.82, 2.24) is 0 Å². The molecule has 3 heteroatoms. The van der Waals surface area contributed by atoms with Gasteiger partial charge in [-0.05, 0) is 25.1 Å². The first-order valence-corrected chi connectivity index (χ1v) is 7.46. The zero-order valence-corrected chi connectivity index (χ0v) is 9.64. The van der Waals surface area contributed by atoms with Crippen LogP contribution >= 0.6 is 0 Å². The molecule has 0 amide bonds. The van der Waals surface area contributed by atoms with Gasteiger partial charge in [0, 0.05) is 0 Å². The van der Waals surface area contributed by atoms with Gasteiger partial charge in [-0.25, -0.2) is 0 Å². The van der Waals surface area contributed by atoms with E-state index >= 15 is 0 Å². The van der Waals surface area contributed by atoms with Gasteiger partial charge in [-0.1, -0.05) is 20.8 Å². The Bertz CT molecular complexity index is 133. The normalized spacial score (nSPS) is 11.3. The summed E-state index contributed by atoms with van der Waals surface area (Å²) in [6, 6.07) is 3.04. The molecule has 0 saturated heterocycles. The summed E-state index contributed by atoms with van der Waals surface area (Å²) in [5.41, 5.74) is 0.109. The van der Waals surface area contributed by atoms with E-state index in [1.807, 2.05) is 6.92 Å². The lowest BCUT2D eigenvalue weighted by atomic mass is 10.9. The fraction of sp³-hybridized carbons (Fsp3) is 0.889. The minimum Gasteiger partial charge on any atom is -0.470 e. The Morgan fingerprint density at radius 1 is 1.08 bits per heavy atom. The number of rotatable bonds is 5. The van der Waals surface area contributed by atoms with Crippen LogP contribution < -0.4 is 0 Å². The second kappa shape index (κ2) is 5.35. The van der Waals surface area contributed by atoms with E-state index in [9.17, 15) is 4.79 Å². The molecule has 12 heavy (non-hydrogen) atoms. The molecule has 0 bridgehead atoms. The van der Waals surface area contributed by atoms with E-state index in [0.717, 1.165) is 18.1 Å². The fourth-order valence-electron chi connectivity index (χ4n) is 1.47. The van der Waals surface area contributed by atoms with Gasteiger partial charge in [-0.2, -0.15) is 0 Å². The first-order valence-electron chi connectivity index (χ1n) is 4.84. The summed E-state index contributed by atoms with van der Waals surface area (Å²) in [4.78, 5) is 11.6. The van der Waals surface area contributed by atoms with Gasteiger partial charge in [0.25, 0.3) is 5.59 Å². The van der Waals surface area contributed by atoms with E-state index in [2.05, 4.69) is 20.8 Å². The Balaban J connectivity index is 4.36. The highest BCUT2D eigenvalue weighted by Gasteiger charge is 2.37. The summed E-state index contributed by atoms with van der Waals surface area (Å²) < 4.78 is 5.10. The van der Waals surface area contributed by atoms with Crippen LogP contribution in [-0.2, 0) is 4.74 Å². The molecule has 0 spiro atoms. The Morgan fingerprint density at radius 3 is 1.75 bits per heavy atom. The van der Waals surface area contributed by atoms with E-state index in [4.69, 9.17) is 4.74 Å². The van der Waals surface area contributed by atoms with Gasteiger partial charge in [0.15, 0.2) is 8.07 Å². The Hall–Kier alpha value is -0.313. The van der Waals surface area contributed by atoms with E-state index < -0.39 is 8.07 Å². The topological polar surface area (TPSA) is 26.3 Å². The van der Waals surface area contributed by atoms with E-state index in [1.165, 1.54) is 0 Å². The first kappa shape index (κ1) is 11.7. The fourth-order valence-corrected chi connectivity index (χ4v) is 4.28. The number of hydrogen-bond donors (Lipinski definition) is 0. The van der Waals surface area contributed by atoms with E-state index in [0.29, 0.717) is 6.61 Å². The molecule has 0 unspecified atom stereocenters. The molecule has 0 aromatic carbocycles. The van der Waals surface area contributed by atoms with Crippen molar-refractivity contribution >= 4 is 13.7 Å². The van der Waals surface area contributed by atoms with Crippen LogP contribution in [0.2, 0.25) is 18.1 Å². The number of ether oxygens (including phenoxy) is 1. The zero-order valence-electron chi connectivity index (χ0n) is 8.64. The van der Waals surface area contributed by atoms with Crippen LogP contribution in [0.15, 0.2) is 0 Å². The van der Waals surface area contributed by atoms with Crippen molar-refractivity contribution in [2.75, 3.05) is 6.61 Å². The summed E-state index contributed by atoms with van der Waals surface area (Å²) in [6.07, 6.45) is 0. The lowest BCUT2D eigenvalue weighted by molar-refractivity contribution is 0.176. The molecule has 0 aliphatic rings. The SMILES string of the molecule is CCOC(=O)[Si](CC)(CC)CC. The minimum absolute atomic E-state index is 0.109. The molecule has 0 saturated carbocycles. The molecule has 0 N–H and O–H groups in total. The quantitative estimate of drug-likeness (QED) is 0.619. The van der Waals surface area contributed by atoms with Crippen molar-refractivity contribution in [2.24, 2.45) is 0 Å². The smallest absolute Gasteiger partial charge is 0.271 e. The van der Waals surface area contributed by atoms with Crippen LogP contribution in [0.1, 0.15) is 27.7 Å². The molecule has 0 heterocycles. The highest BCUT2D eigenvalue weighted by molar-refractivity contribution is 7.04. The number of carbonyl (C=O) groups is 1. The average Bonchev–Trinajstić information content (AvgIpc) is 2.09. The van der Waals surface area contributed by atoms with Crippen molar-refractivity contribution in [1.29, 1.82) is 0 Å². The molecular weight excluding hydrogens is 168 g/mol. The largest absolute Gasteiger partial charge is 0.470 e. The van der Waals surface area contributed by atoms with Gasteiger partial charge in [0.05, 0.1) is 6.61 Å². The second-order valence-electron chi connectivity index (χ2n) is 3.06. The van der Waals surface area contributed by atoms with E-state index in [-0.39, 0.29) is 5.59 Å². The van der Waals surface area contributed by atoms with Crippen molar-refractivity contribution in [3.8, 4) is 0 Å². The Morgan fingerprint density at radius 2 is 1.50 bits per heavy atom. The van der Waals surface area contributed by atoms with Gasteiger partial charge in [-0.3, -0.25) is 4.79 Å². The summed E-state index contributed by atoms with van der Waals surface area (Å²) >= 11 is 0. The highest BCUT2D eigenvalue weighted by Crippen LogP contribution is 2.22. The standard InChI is InChI=1S/C9H20O2Si/c1-5-11-9(10)12(6-2,7-3)8-4/h5-8H2,1-4H3. The van der Waals surface area contributed by atoms with Crippen molar-refractivity contribution in [3.05, 3.63) is 0 Å². The zero-order chi connectivity index (χ0) is 9.61. The van der Waals surface area contributed by atoms with Gasteiger partial charge in [0.2, 0.25) is 0 Å². The Labute approximate surface area is 76.3 Å². The molecule has 0 radical (unpaired) electrons. The molecular formula is C9H20O2Si. The minimum atomic E-state index is -1.70. The van der Waals surface area contributed by atoms with Crippen LogP contribution in [-0.4, -0.2) is 20.3 Å². The molecule has 0 aromatic rings. The van der Waals surface area contributed by atoms with Crippen molar-refractivity contribution in [2.45, 2.75) is 45.8 Å². The Kier molecular flexibility index (Phi) is 5.21. The van der Waals surface area contributed by atoms with Crippen LogP contribution in [0, 0.1) is 0 Å². The lowest BCUT2D eigenvalue weighted by Gasteiger charge is -2.24. The molecule has 0 fully saturated rings. The lowest BCUT2D eigenvalue weighted by Crippen LogP contribution is -2.42. The number of hydrogen-bond acceptors (Lipinski definition) is 2. The summed E-state index contributed by atoms with van der Waals surface area (Å²) in [5, 5.41) is 0. The van der Waals surface area contributed by atoms with Crippen LogP contribution in [0.4, 0.5) is 4.79 Å². The van der Waals surface area contributed by atoms with Crippen LogP contribution in [0.5, 0.6) is 0 Å². The second-order valence-corrected chi connectivity index (χ2v) is 8.15. The maximum absolute atomic E-state index is 11.6. The highest BCUT2D eigenvalue weighted by atomic mass is 28.3. The first-order chi connectivity index (χ1) is 5.66. The predicted octanol–water partition coefficient (Wildman–Crippen LogP) is 3.23. The number of carbonyl (C=O) groups excluding carboxylic acids is 1. The molecule has 72 valence electrons. The maximum Gasteiger partial charge on any atom is 0.271 e. The average molecular weight is 188 g/mol. The summed E-state index contributed by atoms with van der Waals surface area (Å²) in [6.45, 7) is 8.72. The molecule has 2 nitrogen and oxygen atoms in total. The molecule has 0 rings (SSSR count). The van der Waals surface area contributed by atoms with Gasteiger partial charge in [-0.15, -0.1) is 0 Å². The molecule has 0 atom stereocenters. The molecule has 0 aliphatic heterocycles. The summed E-state index contributed by atoms with van der Waals surface area (Å²) in [7, 11) is -1.70. The van der Waals surface area contributed by atoms with E-state index in [1.54, 1.807) is 0 Å². The van der Waals surface area contributed by atoms with Crippen LogP contribution in [0.3, 0.4) is 0 Å². The van der Waals surface area contributed by atoms with Crippen LogP contribution in [0.25, 0.3) is 0 Å². The van der Waals surface area contributed by atoms with Crippen molar-refractivity contribution < 1.29 is 9.53 Å². The summed E-state index contributed by atoms with van der Waals surface area (Å²) in [5.74, 6) is 0. The maximum atomic E-state index is 11.6. The van der Waals surface area contributed by atoms with Crippen molar-refractivity contribution in [3.63, 3.8) is 0 Å². The van der Waals surface area contributed by atoms with Gasteiger partial charge >= 0.3 is 0 Å². The third-order valence-electron chi connectivity index (χ3n) is 2.74. The third-order valence-corrected chi connectivity index (χ3v) is 7.81. The predicted molar refractivity (Wildman–Crippen MR) is 54.2 cm³/mol. The molecule has 0 aromatic heterocycles. The third kappa shape index (κ3) is 2.34. The monoisotopic (exact) mass is 188 g/mol.